The Morgan fingerprint density at radius 3 is 2.06 bits per heavy atom. The molecular formula is C30H51N3. The molecule has 3 N–H and O–H groups in total. The van der Waals surface area contributed by atoms with Gasteiger partial charge in [0.15, 0.2) is 0 Å². The number of nitrogens with one attached hydrogen (secondary N) is 3. The summed E-state index contributed by atoms with van der Waals surface area (Å²) >= 11 is 0. The van der Waals surface area contributed by atoms with Crippen molar-refractivity contribution in [3.05, 3.63) is 85.4 Å². The normalized spacial score (nSPS) is 12.2. The van der Waals surface area contributed by atoms with Gasteiger partial charge in [0.25, 0.3) is 0 Å². The summed E-state index contributed by atoms with van der Waals surface area (Å²) in [4.78, 5) is 0. The topological polar surface area (TPSA) is 36.1 Å². The summed E-state index contributed by atoms with van der Waals surface area (Å²) in [5.41, 5.74) is 4.32. The molecule has 0 aliphatic rings. The first kappa shape index (κ1) is 30.6. The number of allylic oxidation sites excluding steroid dienone is 1. The third-order valence-electron chi connectivity index (χ3n) is 4.87. The molecule has 0 saturated carbocycles. The van der Waals surface area contributed by atoms with E-state index in [0.29, 0.717) is 12.5 Å². The molecule has 0 saturated heterocycles. The number of rotatable bonds is 16. The lowest BCUT2D eigenvalue weighted by atomic mass is 10.0. The van der Waals surface area contributed by atoms with Gasteiger partial charge in [-0.2, -0.15) is 0 Å². The SMILES string of the molecule is C=CC(CCC)NC(=C)CNC(=C)C(CC(C)C)NC(=C)CCc1ccccc1.CC(C)C. The molecule has 0 spiro atoms. The van der Waals surface area contributed by atoms with Gasteiger partial charge >= 0.3 is 0 Å². The summed E-state index contributed by atoms with van der Waals surface area (Å²) in [7, 11) is 0. The van der Waals surface area contributed by atoms with Gasteiger partial charge in [-0.05, 0) is 43.1 Å². The van der Waals surface area contributed by atoms with E-state index in [9.17, 15) is 0 Å². The molecular weight excluding hydrogens is 402 g/mol. The molecule has 0 aliphatic heterocycles. The summed E-state index contributed by atoms with van der Waals surface area (Å²) in [5.74, 6) is 1.39. The van der Waals surface area contributed by atoms with Crippen molar-refractivity contribution in [1.29, 1.82) is 0 Å². The van der Waals surface area contributed by atoms with Crippen LogP contribution in [0.3, 0.4) is 0 Å². The number of hydrogen-bond acceptors (Lipinski definition) is 3. The first-order valence-corrected chi connectivity index (χ1v) is 12.6. The quantitative estimate of drug-likeness (QED) is 0.229. The van der Waals surface area contributed by atoms with E-state index >= 15 is 0 Å². The number of aryl methyl sites for hydroxylation is 1. The zero-order valence-electron chi connectivity index (χ0n) is 22.3. The van der Waals surface area contributed by atoms with E-state index < -0.39 is 0 Å². The van der Waals surface area contributed by atoms with Crippen molar-refractivity contribution in [1.82, 2.24) is 16.0 Å². The molecule has 186 valence electrons. The maximum absolute atomic E-state index is 4.28. The van der Waals surface area contributed by atoms with Gasteiger partial charge in [0.2, 0.25) is 0 Å². The van der Waals surface area contributed by atoms with Crippen LogP contribution in [0.1, 0.15) is 72.8 Å². The van der Waals surface area contributed by atoms with Gasteiger partial charge in [-0.3, -0.25) is 0 Å². The minimum absolute atomic E-state index is 0.150. The Morgan fingerprint density at radius 1 is 0.939 bits per heavy atom. The van der Waals surface area contributed by atoms with Gasteiger partial charge in [-0.25, -0.2) is 0 Å². The van der Waals surface area contributed by atoms with E-state index in [1.54, 1.807) is 0 Å². The first-order chi connectivity index (χ1) is 15.6. The Kier molecular flexibility index (Phi) is 16.7. The Bertz CT molecular complexity index is 685. The van der Waals surface area contributed by atoms with E-state index in [4.69, 9.17) is 0 Å². The summed E-state index contributed by atoms with van der Waals surface area (Å²) in [6.07, 6.45) is 7.02. The highest BCUT2D eigenvalue weighted by Gasteiger charge is 2.15. The Hall–Kier alpha value is -2.42. The average molecular weight is 454 g/mol. The minimum atomic E-state index is 0.150. The molecule has 2 unspecified atom stereocenters. The lowest BCUT2D eigenvalue weighted by Gasteiger charge is -2.27. The van der Waals surface area contributed by atoms with Gasteiger partial charge in [0, 0.05) is 23.1 Å². The minimum Gasteiger partial charge on any atom is -0.382 e. The Labute approximate surface area is 205 Å². The lowest BCUT2D eigenvalue weighted by Crippen LogP contribution is -2.39. The van der Waals surface area contributed by atoms with Gasteiger partial charge in [-0.1, -0.05) is 104 Å². The van der Waals surface area contributed by atoms with Crippen LogP contribution in [0.4, 0.5) is 0 Å². The van der Waals surface area contributed by atoms with Crippen LogP contribution in [-0.2, 0) is 6.42 Å². The van der Waals surface area contributed by atoms with Crippen molar-refractivity contribution in [3.63, 3.8) is 0 Å². The summed E-state index contributed by atoms with van der Waals surface area (Å²) < 4.78 is 0. The van der Waals surface area contributed by atoms with Crippen LogP contribution in [0.5, 0.6) is 0 Å². The molecule has 3 nitrogen and oxygen atoms in total. The van der Waals surface area contributed by atoms with E-state index in [0.717, 1.165) is 55.1 Å². The fourth-order valence-corrected chi connectivity index (χ4v) is 3.23. The molecule has 0 aromatic heterocycles. The second-order valence-corrected chi connectivity index (χ2v) is 9.91. The fourth-order valence-electron chi connectivity index (χ4n) is 3.23. The van der Waals surface area contributed by atoms with Gasteiger partial charge < -0.3 is 16.0 Å². The summed E-state index contributed by atoms with van der Waals surface area (Å²) in [6, 6.07) is 10.9. The second-order valence-electron chi connectivity index (χ2n) is 9.91. The average Bonchev–Trinajstić information content (AvgIpc) is 2.75. The van der Waals surface area contributed by atoms with Crippen molar-refractivity contribution in [2.24, 2.45) is 11.8 Å². The monoisotopic (exact) mass is 453 g/mol. The van der Waals surface area contributed by atoms with Gasteiger partial charge in [-0.15, -0.1) is 6.58 Å². The molecule has 0 fully saturated rings. The second kappa shape index (κ2) is 18.1. The molecule has 1 rings (SSSR count). The highest BCUT2D eigenvalue weighted by molar-refractivity contribution is 5.17. The molecule has 0 amide bonds. The van der Waals surface area contributed by atoms with Gasteiger partial charge in [0.1, 0.15) is 0 Å². The van der Waals surface area contributed by atoms with Crippen LogP contribution < -0.4 is 16.0 Å². The molecule has 2 atom stereocenters. The highest BCUT2D eigenvalue weighted by Crippen LogP contribution is 2.14. The van der Waals surface area contributed by atoms with Crippen molar-refractivity contribution >= 4 is 0 Å². The lowest BCUT2D eigenvalue weighted by molar-refractivity contribution is 0.464. The van der Waals surface area contributed by atoms with Crippen LogP contribution in [0.2, 0.25) is 0 Å². The fraction of sp³-hybridized carbons (Fsp3) is 0.533. The van der Waals surface area contributed by atoms with E-state index in [-0.39, 0.29) is 12.1 Å². The molecule has 0 aliphatic carbocycles. The molecule has 0 heterocycles. The maximum atomic E-state index is 4.28. The standard InChI is InChI=1S/C26H41N3.C4H10/c1-8-13-25(9-2)28-22(6)19-27-23(7)26(18-20(3)4)29-21(5)16-17-24-14-11-10-12-15-24;1-4(2)3/h9-12,14-15,20,25-29H,2,5-8,13,16-19H2,1,3-4H3;4H,1-3H3. The number of benzene rings is 1. The zero-order valence-corrected chi connectivity index (χ0v) is 22.3. The van der Waals surface area contributed by atoms with Crippen LogP contribution in [-0.4, -0.2) is 18.6 Å². The van der Waals surface area contributed by atoms with E-state index in [2.05, 4.69) is 108 Å². The molecule has 3 heteroatoms. The summed E-state index contributed by atoms with van der Waals surface area (Å²) in [5, 5.41) is 10.5. The maximum Gasteiger partial charge on any atom is 0.0653 e. The zero-order chi connectivity index (χ0) is 25.2. The van der Waals surface area contributed by atoms with Crippen molar-refractivity contribution in [2.75, 3.05) is 6.54 Å². The molecule has 1 aromatic carbocycles. The molecule has 33 heavy (non-hydrogen) atoms. The predicted molar refractivity (Wildman–Crippen MR) is 149 cm³/mol. The molecule has 0 radical (unpaired) electrons. The third-order valence-corrected chi connectivity index (χ3v) is 4.87. The van der Waals surface area contributed by atoms with E-state index in [1.165, 1.54) is 5.56 Å². The van der Waals surface area contributed by atoms with Crippen molar-refractivity contribution in [2.45, 2.75) is 85.7 Å². The summed E-state index contributed by atoms with van der Waals surface area (Å²) in [6.45, 7) is 30.4. The van der Waals surface area contributed by atoms with Crippen LogP contribution >= 0.6 is 0 Å². The molecule has 0 bridgehead atoms. The highest BCUT2D eigenvalue weighted by atomic mass is 15.0. The van der Waals surface area contributed by atoms with Crippen molar-refractivity contribution in [3.8, 4) is 0 Å². The Balaban J connectivity index is 0.00000235. The van der Waals surface area contributed by atoms with E-state index in [1.807, 2.05) is 12.1 Å². The largest absolute Gasteiger partial charge is 0.382 e. The third kappa shape index (κ3) is 16.8. The smallest absolute Gasteiger partial charge is 0.0653 e. The van der Waals surface area contributed by atoms with Crippen LogP contribution in [0, 0.1) is 11.8 Å². The first-order valence-electron chi connectivity index (χ1n) is 12.6. The van der Waals surface area contributed by atoms with Crippen LogP contribution in [0.25, 0.3) is 0 Å². The van der Waals surface area contributed by atoms with Crippen LogP contribution in [0.15, 0.2) is 79.8 Å². The van der Waals surface area contributed by atoms with Crippen molar-refractivity contribution < 1.29 is 0 Å². The van der Waals surface area contributed by atoms with Gasteiger partial charge in [0.05, 0.1) is 12.6 Å². The number of hydrogen-bond donors (Lipinski definition) is 3. The predicted octanol–water partition coefficient (Wildman–Crippen LogP) is 7.36. The molecule has 1 aromatic rings. The Morgan fingerprint density at radius 2 is 1.55 bits per heavy atom.